The largest absolute Gasteiger partial charge is 0.399 e. The molecule has 5 heteroatoms. The van der Waals surface area contributed by atoms with Crippen molar-refractivity contribution in [3.8, 4) is 0 Å². The lowest BCUT2D eigenvalue weighted by atomic mass is 10.0. The number of carbonyl (C=O) groups excluding carboxylic acids is 1. The van der Waals surface area contributed by atoms with Gasteiger partial charge in [-0.15, -0.1) is 0 Å². The van der Waals surface area contributed by atoms with Crippen molar-refractivity contribution in [2.24, 2.45) is 0 Å². The summed E-state index contributed by atoms with van der Waals surface area (Å²) in [7, 11) is 0. The summed E-state index contributed by atoms with van der Waals surface area (Å²) >= 11 is 0. The molecule has 1 aromatic carbocycles. The number of nitrogen functional groups attached to an aromatic ring is 1. The summed E-state index contributed by atoms with van der Waals surface area (Å²) < 4.78 is 19.6. The number of nitrogens with two attached hydrogens (primary N) is 1. The van der Waals surface area contributed by atoms with Crippen LogP contribution in [0.1, 0.15) is 29.8 Å². The van der Waals surface area contributed by atoms with Crippen LogP contribution in [0.4, 0.5) is 10.1 Å². The lowest BCUT2D eigenvalue weighted by Gasteiger charge is -2.38. The zero-order chi connectivity index (χ0) is 14.2. The highest BCUT2D eigenvalue weighted by atomic mass is 19.1. The Balaban J connectivity index is 2.29. The number of halogens is 1. The van der Waals surface area contributed by atoms with Crippen LogP contribution in [0.3, 0.4) is 0 Å². The van der Waals surface area contributed by atoms with Gasteiger partial charge in [-0.3, -0.25) is 4.79 Å². The van der Waals surface area contributed by atoms with Gasteiger partial charge in [-0.2, -0.15) is 0 Å². The standard InChI is InChI=1S/C14H19FN2O2/c1-9-6-10(16)7-11(12(9)15)13(18)17-4-5-19-14(2,3)8-17/h6-7H,4-5,8,16H2,1-3H3. The molecule has 1 aliphatic rings. The quantitative estimate of drug-likeness (QED) is 0.791. The Morgan fingerprint density at radius 3 is 2.79 bits per heavy atom. The molecular weight excluding hydrogens is 247 g/mol. The van der Waals surface area contributed by atoms with Crippen LogP contribution in [0.5, 0.6) is 0 Å². The van der Waals surface area contributed by atoms with Gasteiger partial charge in [-0.05, 0) is 38.5 Å². The third-order valence-electron chi connectivity index (χ3n) is 3.22. The third kappa shape index (κ3) is 2.87. The van der Waals surface area contributed by atoms with Crippen LogP contribution >= 0.6 is 0 Å². The molecule has 2 rings (SSSR count). The molecule has 0 bridgehead atoms. The van der Waals surface area contributed by atoms with Gasteiger partial charge in [0.2, 0.25) is 0 Å². The molecule has 19 heavy (non-hydrogen) atoms. The van der Waals surface area contributed by atoms with Crippen LogP contribution in [0.25, 0.3) is 0 Å². The minimum absolute atomic E-state index is 0.0372. The number of ether oxygens (including phenoxy) is 1. The highest BCUT2D eigenvalue weighted by molar-refractivity contribution is 5.95. The van der Waals surface area contributed by atoms with Gasteiger partial charge in [0.25, 0.3) is 5.91 Å². The van der Waals surface area contributed by atoms with Crippen molar-refractivity contribution in [3.05, 3.63) is 29.1 Å². The van der Waals surface area contributed by atoms with Gasteiger partial charge < -0.3 is 15.4 Å². The smallest absolute Gasteiger partial charge is 0.257 e. The van der Waals surface area contributed by atoms with Gasteiger partial charge in [0.1, 0.15) is 5.82 Å². The Kier molecular flexibility index (Phi) is 3.49. The molecule has 0 spiro atoms. The molecule has 0 aliphatic carbocycles. The second-order valence-electron chi connectivity index (χ2n) is 5.53. The van der Waals surface area contributed by atoms with Crippen LogP contribution < -0.4 is 5.73 Å². The number of nitrogens with zero attached hydrogens (tertiary/aromatic N) is 1. The van der Waals surface area contributed by atoms with E-state index in [1.807, 2.05) is 13.8 Å². The number of benzene rings is 1. The average Bonchev–Trinajstić information content (AvgIpc) is 2.31. The zero-order valence-corrected chi connectivity index (χ0v) is 11.5. The predicted molar refractivity (Wildman–Crippen MR) is 71.5 cm³/mol. The first-order valence-electron chi connectivity index (χ1n) is 6.29. The molecule has 0 aromatic heterocycles. The topological polar surface area (TPSA) is 55.6 Å². The van der Waals surface area contributed by atoms with E-state index < -0.39 is 11.4 Å². The normalized spacial score (nSPS) is 18.4. The van der Waals surface area contributed by atoms with Gasteiger partial charge >= 0.3 is 0 Å². The maximum atomic E-state index is 14.0. The molecule has 1 heterocycles. The fraction of sp³-hybridized carbons (Fsp3) is 0.500. The van der Waals surface area contributed by atoms with E-state index in [1.54, 1.807) is 11.8 Å². The monoisotopic (exact) mass is 266 g/mol. The van der Waals surface area contributed by atoms with Crippen molar-refractivity contribution in [2.45, 2.75) is 26.4 Å². The Morgan fingerprint density at radius 1 is 1.47 bits per heavy atom. The van der Waals surface area contributed by atoms with Gasteiger partial charge in [0, 0.05) is 18.8 Å². The minimum atomic E-state index is -0.497. The van der Waals surface area contributed by atoms with Gasteiger partial charge in [-0.25, -0.2) is 4.39 Å². The Morgan fingerprint density at radius 2 is 2.16 bits per heavy atom. The van der Waals surface area contributed by atoms with Crippen molar-refractivity contribution in [2.75, 3.05) is 25.4 Å². The van der Waals surface area contributed by atoms with Gasteiger partial charge in [0.15, 0.2) is 0 Å². The summed E-state index contributed by atoms with van der Waals surface area (Å²) in [4.78, 5) is 14.0. The van der Waals surface area contributed by atoms with Crippen LogP contribution in [0, 0.1) is 12.7 Å². The van der Waals surface area contributed by atoms with Crippen LogP contribution in [-0.2, 0) is 4.74 Å². The number of rotatable bonds is 1. The van der Waals surface area contributed by atoms with E-state index in [-0.39, 0.29) is 11.5 Å². The maximum absolute atomic E-state index is 14.0. The molecule has 104 valence electrons. The molecular formula is C14H19FN2O2. The second kappa shape index (κ2) is 4.81. The minimum Gasteiger partial charge on any atom is -0.399 e. The van der Waals surface area contributed by atoms with E-state index in [0.29, 0.717) is 30.9 Å². The summed E-state index contributed by atoms with van der Waals surface area (Å²) in [6.07, 6.45) is 0. The van der Waals surface area contributed by atoms with Gasteiger partial charge in [-0.1, -0.05) is 0 Å². The fourth-order valence-corrected chi connectivity index (χ4v) is 2.31. The number of hydrogen-bond donors (Lipinski definition) is 1. The molecule has 1 saturated heterocycles. The van der Waals surface area contributed by atoms with Crippen molar-refractivity contribution < 1.29 is 13.9 Å². The molecule has 0 unspecified atom stereocenters. The first-order chi connectivity index (χ1) is 8.80. The Hall–Kier alpha value is -1.62. The Bertz CT molecular complexity index is 514. The summed E-state index contributed by atoms with van der Waals surface area (Å²) in [5.74, 6) is -0.826. The first-order valence-corrected chi connectivity index (χ1v) is 6.29. The van der Waals surface area contributed by atoms with Crippen molar-refractivity contribution >= 4 is 11.6 Å². The fourth-order valence-electron chi connectivity index (χ4n) is 2.31. The third-order valence-corrected chi connectivity index (χ3v) is 3.22. The number of anilines is 1. The highest BCUT2D eigenvalue weighted by Crippen LogP contribution is 2.22. The molecule has 4 nitrogen and oxygen atoms in total. The molecule has 0 saturated carbocycles. The molecule has 0 radical (unpaired) electrons. The number of morpholine rings is 1. The average molecular weight is 266 g/mol. The van der Waals surface area contributed by atoms with Crippen LogP contribution in [-0.4, -0.2) is 36.1 Å². The van der Waals surface area contributed by atoms with Crippen molar-refractivity contribution in [3.63, 3.8) is 0 Å². The van der Waals surface area contributed by atoms with Crippen molar-refractivity contribution in [1.29, 1.82) is 0 Å². The number of amides is 1. The van der Waals surface area contributed by atoms with E-state index in [9.17, 15) is 9.18 Å². The summed E-state index contributed by atoms with van der Waals surface area (Å²) in [6.45, 7) is 6.79. The summed E-state index contributed by atoms with van der Waals surface area (Å²) in [6, 6.07) is 2.92. The van der Waals surface area contributed by atoms with E-state index >= 15 is 0 Å². The van der Waals surface area contributed by atoms with E-state index in [0.717, 1.165) is 0 Å². The predicted octanol–water partition coefficient (Wildman–Crippen LogP) is 1.97. The zero-order valence-electron chi connectivity index (χ0n) is 11.5. The van der Waals surface area contributed by atoms with Crippen molar-refractivity contribution in [1.82, 2.24) is 4.90 Å². The second-order valence-corrected chi connectivity index (χ2v) is 5.53. The lowest BCUT2D eigenvalue weighted by molar-refractivity contribution is -0.0764. The number of aryl methyl sites for hydroxylation is 1. The number of carbonyl (C=O) groups is 1. The lowest BCUT2D eigenvalue weighted by Crippen LogP contribution is -2.50. The van der Waals surface area contributed by atoms with E-state index in [4.69, 9.17) is 10.5 Å². The first kappa shape index (κ1) is 13.8. The molecule has 1 aromatic rings. The highest BCUT2D eigenvalue weighted by Gasteiger charge is 2.31. The Labute approximate surface area is 112 Å². The van der Waals surface area contributed by atoms with Gasteiger partial charge in [0.05, 0.1) is 17.8 Å². The summed E-state index contributed by atoms with van der Waals surface area (Å²) in [5, 5.41) is 0. The molecule has 1 amide bonds. The van der Waals surface area contributed by atoms with E-state index in [2.05, 4.69) is 0 Å². The molecule has 0 atom stereocenters. The molecule has 2 N–H and O–H groups in total. The van der Waals surface area contributed by atoms with E-state index in [1.165, 1.54) is 12.1 Å². The molecule has 1 aliphatic heterocycles. The van der Waals surface area contributed by atoms with Crippen LogP contribution in [0.15, 0.2) is 12.1 Å². The summed E-state index contributed by atoms with van der Waals surface area (Å²) in [5.41, 5.74) is 6.10. The molecule has 1 fully saturated rings. The SMILES string of the molecule is Cc1cc(N)cc(C(=O)N2CCOC(C)(C)C2)c1F. The number of hydrogen-bond acceptors (Lipinski definition) is 3. The maximum Gasteiger partial charge on any atom is 0.257 e. The van der Waals surface area contributed by atoms with Crippen LogP contribution in [0.2, 0.25) is 0 Å².